The van der Waals surface area contributed by atoms with Crippen LogP contribution in [0.5, 0.6) is 0 Å². The highest BCUT2D eigenvalue weighted by Crippen LogP contribution is 2.28. The average molecular weight is 211 g/mol. The van der Waals surface area contributed by atoms with Crippen LogP contribution in [0.2, 0.25) is 5.02 Å². The molecule has 0 aliphatic heterocycles. The fourth-order valence-electron chi connectivity index (χ4n) is 1.45. The Balaban J connectivity index is 3.35. The van der Waals surface area contributed by atoms with E-state index in [1.54, 1.807) is 0 Å². The van der Waals surface area contributed by atoms with E-state index < -0.39 is 0 Å². The van der Waals surface area contributed by atoms with Crippen molar-refractivity contribution in [1.82, 2.24) is 0 Å². The molecule has 0 fully saturated rings. The molecule has 0 saturated carbocycles. The number of nitrogens with one attached hydrogen (secondary N) is 1. The van der Waals surface area contributed by atoms with Crippen molar-refractivity contribution in [3.63, 3.8) is 0 Å². The SMILES string of the molecule is CNc1c(Cl)ccc([Si])c1C(C)C. The molecular formula is C10H13ClNSi. The summed E-state index contributed by atoms with van der Waals surface area (Å²) >= 11 is 6.06. The molecule has 0 spiro atoms. The Hall–Kier alpha value is -0.473. The summed E-state index contributed by atoms with van der Waals surface area (Å²) in [5, 5.41) is 5.00. The first-order valence-electron chi connectivity index (χ1n) is 4.29. The van der Waals surface area contributed by atoms with Gasteiger partial charge in [0.25, 0.3) is 0 Å². The van der Waals surface area contributed by atoms with Crippen molar-refractivity contribution in [2.45, 2.75) is 19.8 Å². The van der Waals surface area contributed by atoms with E-state index in [1.165, 1.54) is 5.56 Å². The molecule has 0 amide bonds. The minimum Gasteiger partial charge on any atom is -0.387 e. The molecule has 1 aromatic carbocycles. The second-order valence-electron chi connectivity index (χ2n) is 3.29. The van der Waals surface area contributed by atoms with Gasteiger partial charge in [0.05, 0.1) is 21.0 Å². The first-order valence-corrected chi connectivity index (χ1v) is 5.17. The van der Waals surface area contributed by atoms with E-state index in [-0.39, 0.29) is 0 Å². The Labute approximate surface area is 87.9 Å². The first kappa shape index (κ1) is 10.6. The van der Waals surface area contributed by atoms with Crippen LogP contribution < -0.4 is 10.5 Å². The highest BCUT2D eigenvalue weighted by molar-refractivity contribution is 6.37. The van der Waals surface area contributed by atoms with Crippen LogP contribution in [0.3, 0.4) is 0 Å². The van der Waals surface area contributed by atoms with Crippen molar-refractivity contribution in [3.05, 3.63) is 22.7 Å². The molecule has 1 N–H and O–H groups in total. The first-order chi connectivity index (χ1) is 6.07. The second-order valence-corrected chi connectivity index (χ2v) is 4.23. The van der Waals surface area contributed by atoms with Gasteiger partial charge in [-0.1, -0.05) is 36.7 Å². The van der Waals surface area contributed by atoms with Gasteiger partial charge in [-0.05, 0) is 17.5 Å². The van der Waals surface area contributed by atoms with Crippen LogP contribution in [0.1, 0.15) is 25.3 Å². The fourth-order valence-corrected chi connectivity index (χ4v) is 2.20. The molecule has 1 aromatic rings. The predicted octanol–water partition coefficient (Wildman–Crippen LogP) is 2.30. The zero-order valence-electron chi connectivity index (χ0n) is 8.11. The lowest BCUT2D eigenvalue weighted by atomic mass is 10.0. The highest BCUT2D eigenvalue weighted by atomic mass is 35.5. The van der Waals surface area contributed by atoms with E-state index in [2.05, 4.69) is 29.4 Å². The van der Waals surface area contributed by atoms with Crippen LogP contribution in [0, 0.1) is 0 Å². The number of hydrogen-bond donors (Lipinski definition) is 1. The Morgan fingerprint density at radius 3 is 2.38 bits per heavy atom. The third-order valence-electron chi connectivity index (χ3n) is 2.02. The molecular weight excluding hydrogens is 198 g/mol. The highest BCUT2D eigenvalue weighted by Gasteiger charge is 2.11. The smallest absolute Gasteiger partial charge is 0.0716 e. The van der Waals surface area contributed by atoms with E-state index in [9.17, 15) is 0 Å². The van der Waals surface area contributed by atoms with Gasteiger partial charge in [-0.3, -0.25) is 0 Å². The number of hydrogen-bond acceptors (Lipinski definition) is 1. The van der Waals surface area contributed by atoms with Crippen LogP contribution in [-0.4, -0.2) is 17.3 Å². The van der Waals surface area contributed by atoms with E-state index in [0.29, 0.717) is 5.92 Å². The third-order valence-corrected chi connectivity index (χ3v) is 2.77. The Morgan fingerprint density at radius 2 is 2.00 bits per heavy atom. The maximum atomic E-state index is 6.06. The summed E-state index contributed by atoms with van der Waals surface area (Å²) in [6.07, 6.45) is 0. The van der Waals surface area contributed by atoms with Crippen molar-refractivity contribution in [2.24, 2.45) is 0 Å². The summed E-state index contributed by atoms with van der Waals surface area (Å²) in [7, 11) is 5.46. The average Bonchev–Trinajstić information content (AvgIpc) is 2.07. The van der Waals surface area contributed by atoms with Crippen LogP contribution in [0.15, 0.2) is 12.1 Å². The van der Waals surface area contributed by atoms with E-state index in [4.69, 9.17) is 11.6 Å². The maximum absolute atomic E-state index is 6.06. The number of halogens is 1. The maximum Gasteiger partial charge on any atom is 0.0716 e. The van der Waals surface area contributed by atoms with E-state index in [0.717, 1.165) is 15.9 Å². The molecule has 3 radical (unpaired) electrons. The molecule has 0 aliphatic carbocycles. The molecule has 3 heteroatoms. The van der Waals surface area contributed by atoms with Crippen molar-refractivity contribution < 1.29 is 0 Å². The summed E-state index contributed by atoms with van der Waals surface area (Å²) in [6.45, 7) is 4.30. The van der Waals surface area contributed by atoms with E-state index >= 15 is 0 Å². The molecule has 1 nitrogen and oxygen atoms in total. The van der Waals surface area contributed by atoms with E-state index in [1.807, 2.05) is 19.2 Å². The monoisotopic (exact) mass is 210 g/mol. The normalized spacial score (nSPS) is 10.6. The molecule has 0 saturated heterocycles. The van der Waals surface area contributed by atoms with Gasteiger partial charge in [-0.2, -0.15) is 0 Å². The van der Waals surface area contributed by atoms with Crippen LogP contribution in [0.4, 0.5) is 5.69 Å². The molecule has 0 aromatic heterocycles. The van der Waals surface area contributed by atoms with Crippen LogP contribution >= 0.6 is 11.6 Å². The third kappa shape index (κ3) is 2.06. The van der Waals surface area contributed by atoms with Crippen LogP contribution in [-0.2, 0) is 0 Å². The van der Waals surface area contributed by atoms with Gasteiger partial charge < -0.3 is 5.32 Å². The summed E-state index contributed by atoms with van der Waals surface area (Å²) in [5.41, 5.74) is 2.25. The van der Waals surface area contributed by atoms with Gasteiger partial charge >= 0.3 is 0 Å². The van der Waals surface area contributed by atoms with Gasteiger partial charge in [0.15, 0.2) is 0 Å². The summed E-state index contributed by atoms with van der Waals surface area (Å²) in [4.78, 5) is 0. The lowest BCUT2D eigenvalue weighted by Crippen LogP contribution is -2.14. The van der Waals surface area contributed by atoms with Gasteiger partial charge in [0, 0.05) is 7.05 Å². The molecule has 0 heterocycles. The lowest BCUT2D eigenvalue weighted by molar-refractivity contribution is 0.875. The van der Waals surface area contributed by atoms with Crippen molar-refractivity contribution in [1.29, 1.82) is 0 Å². The lowest BCUT2D eigenvalue weighted by Gasteiger charge is -2.16. The van der Waals surface area contributed by atoms with Crippen molar-refractivity contribution in [2.75, 3.05) is 12.4 Å². The second kappa shape index (κ2) is 4.16. The molecule has 0 unspecified atom stereocenters. The molecule has 69 valence electrons. The zero-order chi connectivity index (χ0) is 10.0. The minimum absolute atomic E-state index is 0.452. The molecule has 0 bridgehead atoms. The molecule has 0 atom stereocenters. The Bertz CT molecular complexity index is 310. The number of anilines is 1. The van der Waals surface area contributed by atoms with Gasteiger partial charge in [-0.25, -0.2) is 0 Å². The van der Waals surface area contributed by atoms with Gasteiger partial charge in [0.1, 0.15) is 0 Å². The van der Waals surface area contributed by atoms with Crippen molar-refractivity contribution in [3.8, 4) is 0 Å². The Morgan fingerprint density at radius 1 is 1.38 bits per heavy atom. The molecule has 1 rings (SSSR count). The zero-order valence-corrected chi connectivity index (χ0v) is 9.87. The summed E-state index contributed by atoms with van der Waals surface area (Å²) < 4.78 is 0. The largest absolute Gasteiger partial charge is 0.387 e. The topological polar surface area (TPSA) is 12.0 Å². The van der Waals surface area contributed by atoms with Crippen molar-refractivity contribution >= 4 is 32.7 Å². The van der Waals surface area contributed by atoms with Gasteiger partial charge in [-0.15, -0.1) is 0 Å². The predicted molar refractivity (Wildman–Crippen MR) is 60.5 cm³/mol. The summed E-state index contributed by atoms with van der Waals surface area (Å²) in [6, 6.07) is 3.87. The van der Waals surface area contributed by atoms with Crippen LogP contribution in [0.25, 0.3) is 0 Å². The molecule has 13 heavy (non-hydrogen) atoms. The number of benzene rings is 1. The Kier molecular flexibility index (Phi) is 3.39. The number of rotatable bonds is 2. The summed E-state index contributed by atoms with van der Waals surface area (Å²) in [5.74, 6) is 0.452. The molecule has 0 aliphatic rings. The standard InChI is InChI=1S/C10H13ClNSi/c1-6(2)9-8(13)5-4-7(11)10(9)12-3/h4-6,12H,1-3H3. The minimum atomic E-state index is 0.452. The quantitative estimate of drug-likeness (QED) is 0.739. The van der Waals surface area contributed by atoms with Gasteiger partial charge in [0.2, 0.25) is 0 Å². The fraction of sp³-hybridized carbons (Fsp3) is 0.400.